The molecule has 3 nitrogen and oxygen atoms in total. The molecule has 1 rings (SSSR count). The van der Waals surface area contributed by atoms with Crippen molar-refractivity contribution in [1.29, 1.82) is 5.26 Å². The Morgan fingerprint density at radius 1 is 1.57 bits per heavy atom. The van der Waals surface area contributed by atoms with E-state index in [0.717, 1.165) is 25.1 Å². The molecule has 1 heterocycles. The molecule has 0 aliphatic carbocycles. The fourth-order valence-corrected chi connectivity index (χ4v) is 1.50. The third-order valence-corrected chi connectivity index (χ3v) is 2.13. The van der Waals surface area contributed by atoms with E-state index >= 15 is 0 Å². The second-order valence-corrected chi connectivity index (χ2v) is 3.62. The van der Waals surface area contributed by atoms with Gasteiger partial charge in [-0.25, -0.2) is 9.29 Å². The van der Waals surface area contributed by atoms with Crippen LogP contribution in [0.25, 0.3) is 0 Å². The Hall–Kier alpha value is -1.05. The van der Waals surface area contributed by atoms with Crippen molar-refractivity contribution in [3.8, 4) is 6.07 Å². The molecule has 0 atom stereocenters. The summed E-state index contributed by atoms with van der Waals surface area (Å²) in [5, 5.41) is 8.56. The molecule has 0 saturated carbocycles. The van der Waals surface area contributed by atoms with Crippen LogP contribution in [-0.2, 0) is 6.54 Å². The van der Waals surface area contributed by atoms with Gasteiger partial charge >= 0.3 is 0 Å². The number of nitriles is 1. The molecule has 0 aliphatic heterocycles. The molecule has 0 aromatic carbocycles. The molecule has 0 unspecified atom stereocenters. The van der Waals surface area contributed by atoms with Crippen LogP contribution in [0.5, 0.6) is 0 Å². The second kappa shape index (κ2) is 5.63. The minimum absolute atomic E-state index is 0.454. The molecule has 74 valence electrons. The minimum atomic E-state index is 0.454. The standard InChI is InChI=1S/C10H13N3S/c1-2-5-13(14)8-9-3-4-10(6-11)12-7-9/h3-4,7,14H,2,5,8H2,1H3. The smallest absolute Gasteiger partial charge is 0.140 e. The zero-order valence-electron chi connectivity index (χ0n) is 8.14. The van der Waals surface area contributed by atoms with Crippen LogP contribution in [0.1, 0.15) is 24.6 Å². The Morgan fingerprint density at radius 2 is 2.36 bits per heavy atom. The molecular formula is C10H13N3S. The maximum absolute atomic E-state index is 8.56. The monoisotopic (exact) mass is 207 g/mol. The van der Waals surface area contributed by atoms with Crippen LogP contribution < -0.4 is 0 Å². The normalized spacial score (nSPS) is 10.1. The summed E-state index contributed by atoms with van der Waals surface area (Å²) in [6.07, 6.45) is 2.80. The summed E-state index contributed by atoms with van der Waals surface area (Å²) in [5.41, 5.74) is 1.53. The van der Waals surface area contributed by atoms with Crippen molar-refractivity contribution in [2.45, 2.75) is 19.9 Å². The summed E-state index contributed by atoms with van der Waals surface area (Å²) in [4.78, 5) is 3.99. The average Bonchev–Trinajstić information content (AvgIpc) is 2.19. The van der Waals surface area contributed by atoms with Crippen LogP contribution in [0.15, 0.2) is 18.3 Å². The van der Waals surface area contributed by atoms with E-state index < -0.39 is 0 Å². The number of hydrogen-bond donors (Lipinski definition) is 1. The molecule has 14 heavy (non-hydrogen) atoms. The maximum atomic E-state index is 8.56. The second-order valence-electron chi connectivity index (χ2n) is 3.05. The summed E-state index contributed by atoms with van der Waals surface area (Å²) >= 11 is 4.31. The van der Waals surface area contributed by atoms with E-state index in [1.807, 2.05) is 16.4 Å². The highest BCUT2D eigenvalue weighted by molar-refractivity contribution is 7.77. The van der Waals surface area contributed by atoms with Gasteiger partial charge in [-0.1, -0.05) is 25.8 Å². The highest BCUT2D eigenvalue weighted by Gasteiger charge is 2.00. The van der Waals surface area contributed by atoms with Crippen molar-refractivity contribution < 1.29 is 0 Å². The molecule has 0 aliphatic rings. The molecule has 0 radical (unpaired) electrons. The van der Waals surface area contributed by atoms with Crippen molar-refractivity contribution in [3.05, 3.63) is 29.6 Å². The van der Waals surface area contributed by atoms with Crippen LogP contribution in [0.3, 0.4) is 0 Å². The summed E-state index contributed by atoms with van der Waals surface area (Å²) in [5.74, 6) is 0. The van der Waals surface area contributed by atoms with Gasteiger partial charge in [0.05, 0.1) is 0 Å². The van der Waals surface area contributed by atoms with Crippen LogP contribution >= 0.6 is 12.8 Å². The molecule has 0 bridgehead atoms. The first-order valence-electron chi connectivity index (χ1n) is 4.55. The van der Waals surface area contributed by atoms with Gasteiger partial charge in [-0.3, -0.25) is 0 Å². The first-order valence-corrected chi connectivity index (χ1v) is 4.95. The third kappa shape index (κ3) is 3.36. The number of thiol groups is 1. The Morgan fingerprint density at radius 3 is 2.86 bits per heavy atom. The largest absolute Gasteiger partial charge is 0.249 e. The van der Waals surface area contributed by atoms with Crippen molar-refractivity contribution in [3.63, 3.8) is 0 Å². The van der Waals surface area contributed by atoms with Gasteiger partial charge in [0.15, 0.2) is 0 Å². The molecule has 4 heteroatoms. The Labute approximate surface area is 89.9 Å². The number of aromatic nitrogens is 1. The first-order chi connectivity index (χ1) is 6.76. The summed E-state index contributed by atoms with van der Waals surface area (Å²) in [6.45, 7) is 3.82. The van der Waals surface area contributed by atoms with Crippen molar-refractivity contribution >= 4 is 12.8 Å². The third-order valence-electron chi connectivity index (χ3n) is 1.79. The molecule has 1 aromatic heterocycles. The molecule has 0 spiro atoms. The zero-order chi connectivity index (χ0) is 10.4. The first kappa shape index (κ1) is 11.0. The Kier molecular flexibility index (Phi) is 4.44. The number of hydrogen-bond acceptors (Lipinski definition) is 4. The van der Waals surface area contributed by atoms with Gasteiger partial charge in [-0.2, -0.15) is 5.26 Å². The van der Waals surface area contributed by atoms with Crippen LogP contribution in [0, 0.1) is 11.3 Å². The lowest BCUT2D eigenvalue weighted by molar-refractivity contribution is 0.470. The SMILES string of the molecule is CCCN(S)Cc1ccc(C#N)nc1. The maximum Gasteiger partial charge on any atom is 0.140 e. The van der Waals surface area contributed by atoms with E-state index in [9.17, 15) is 0 Å². The van der Waals surface area contributed by atoms with E-state index in [1.54, 1.807) is 12.3 Å². The molecular weight excluding hydrogens is 194 g/mol. The van der Waals surface area contributed by atoms with Crippen LogP contribution in [0.4, 0.5) is 0 Å². The summed E-state index contributed by atoms with van der Waals surface area (Å²) in [6, 6.07) is 5.62. The molecule has 1 aromatic rings. The predicted octanol–water partition coefficient (Wildman–Crippen LogP) is 2.01. The van der Waals surface area contributed by atoms with E-state index in [-0.39, 0.29) is 0 Å². The fourth-order valence-electron chi connectivity index (χ4n) is 1.13. The lowest BCUT2D eigenvalue weighted by atomic mass is 10.2. The van der Waals surface area contributed by atoms with Gasteiger partial charge in [-0.05, 0) is 18.1 Å². The Balaban J connectivity index is 2.56. The molecule has 0 fully saturated rings. The zero-order valence-corrected chi connectivity index (χ0v) is 9.04. The molecule has 0 N–H and O–H groups in total. The van der Waals surface area contributed by atoms with Gasteiger partial charge in [0.1, 0.15) is 11.8 Å². The van der Waals surface area contributed by atoms with Gasteiger partial charge in [0, 0.05) is 19.3 Å². The lowest BCUT2D eigenvalue weighted by Crippen LogP contribution is -2.12. The van der Waals surface area contributed by atoms with E-state index in [1.165, 1.54) is 0 Å². The van der Waals surface area contributed by atoms with Crippen LogP contribution in [0.2, 0.25) is 0 Å². The van der Waals surface area contributed by atoms with Gasteiger partial charge in [0.2, 0.25) is 0 Å². The van der Waals surface area contributed by atoms with Crippen molar-refractivity contribution in [1.82, 2.24) is 9.29 Å². The summed E-state index contributed by atoms with van der Waals surface area (Å²) < 4.78 is 1.93. The van der Waals surface area contributed by atoms with Crippen LogP contribution in [-0.4, -0.2) is 15.8 Å². The summed E-state index contributed by atoms with van der Waals surface area (Å²) in [7, 11) is 0. The average molecular weight is 207 g/mol. The van der Waals surface area contributed by atoms with Gasteiger partial charge in [0.25, 0.3) is 0 Å². The van der Waals surface area contributed by atoms with E-state index in [2.05, 4.69) is 24.7 Å². The Bertz CT molecular complexity index is 315. The van der Waals surface area contributed by atoms with E-state index in [4.69, 9.17) is 5.26 Å². The number of rotatable bonds is 4. The van der Waals surface area contributed by atoms with Crippen molar-refractivity contribution in [2.24, 2.45) is 0 Å². The minimum Gasteiger partial charge on any atom is -0.249 e. The lowest BCUT2D eigenvalue weighted by Gasteiger charge is -2.13. The molecule has 0 saturated heterocycles. The molecule has 0 amide bonds. The highest BCUT2D eigenvalue weighted by atomic mass is 32.1. The van der Waals surface area contributed by atoms with E-state index in [0.29, 0.717) is 5.69 Å². The number of nitrogens with zero attached hydrogens (tertiary/aromatic N) is 3. The fraction of sp³-hybridized carbons (Fsp3) is 0.400. The van der Waals surface area contributed by atoms with Crippen molar-refractivity contribution in [2.75, 3.05) is 6.54 Å². The van der Waals surface area contributed by atoms with Gasteiger partial charge in [-0.15, -0.1) is 0 Å². The van der Waals surface area contributed by atoms with Gasteiger partial charge < -0.3 is 0 Å². The number of pyridine rings is 1. The predicted molar refractivity (Wildman–Crippen MR) is 58.6 cm³/mol. The highest BCUT2D eigenvalue weighted by Crippen LogP contribution is 2.06. The quantitative estimate of drug-likeness (QED) is 0.768. The topological polar surface area (TPSA) is 39.9 Å².